The standard InChI is InChI=1S/C24H31NO3S/c1-17(2)24-23(28-21-11-8-19(26)16-22(21)29-24)18-6-9-20(10-7-18)27-15-14-25-12-4-3-5-13-25/h6-11,16-17,23-24,26H,3-5,12-15H2,1-2H3/t23-,24+/m0/s1. The van der Waals surface area contributed by atoms with Gasteiger partial charge in [0, 0.05) is 6.54 Å². The molecule has 2 heterocycles. The molecule has 2 aromatic rings. The number of likely N-dealkylation sites (tertiary alicyclic amines) is 1. The van der Waals surface area contributed by atoms with E-state index in [0.717, 1.165) is 29.5 Å². The van der Waals surface area contributed by atoms with Gasteiger partial charge in [-0.1, -0.05) is 32.4 Å². The van der Waals surface area contributed by atoms with Gasteiger partial charge in [-0.3, -0.25) is 4.90 Å². The first kappa shape index (κ1) is 20.4. The van der Waals surface area contributed by atoms with Crippen LogP contribution in [0.25, 0.3) is 0 Å². The second kappa shape index (κ2) is 9.31. The van der Waals surface area contributed by atoms with Gasteiger partial charge in [0.2, 0.25) is 0 Å². The Bertz CT molecular complexity index is 802. The summed E-state index contributed by atoms with van der Waals surface area (Å²) in [4.78, 5) is 3.51. The van der Waals surface area contributed by atoms with Crippen LogP contribution in [0.1, 0.15) is 44.8 Å². The molecule has 4 nitrogen and oxygen atoms in total. The van der Waals surface area contributed by atoms with Gasteiger partial charge in [-0.15, -0.1) is 11.8 Å². The zero-order chi connectivity index (χ0) is 20.2. The van der Waals surface area contributed by atoms with Crippen molar-refractivity contribution in [2.75, 3.05) is 26.2 Å². The van der Waals surface area contributed by atoms with Crippen molar-refractivity contribution >= 4 is 11.8 Å². The summed E-state index contributed by atoms with van der Waals surface area (Å²) in [5.41, 5.74) is 1.17. The fraction of sp³-hybridized carbons (Fsp3) is 0.500. The first-order chi connectivity index (χ1) is 14.1. The van der Waals surface area contributed by atoms with E-state index in [2.05, 4.69) is 43.0 Å². The van der Waals surface area contributed by atoms with E-state index in [1.54, 1.807) is 23.9 Å². The highest BCUT2D eigenvalue weighted by atomic mass is 32.2. The molecule has 1 saturated heterocycles. The quantitative estimate of drug-likeness (QED) is 0.676. The number of phenols is 1. The van der Waals surface area contributed by atoms with E-state index in [-0.39, 0.29) is 17.1 Å². The second-order valence-electron chi connectivity index (χ2n) is 8.32. The van der Waals surface area contributed by atoms with Gasteiger partial charge >= 0.3 is 0 Å². The van der Waals surface area contributed by atoms with Crippen molar-refractivity contribution in [3.63, 3.8) is 0 Å². The average Bonchev–Trinajstić information content (AvgIpc) is 2.74. The average molecular weight is 414 g/mol. The summed E-state index contributed by atoms with van der Waals surface area (Å²) < 4.78 is 12.3. The van der Waals surface area contributed by atoms with Crippen LogP contribution >= 0.6 is 11.8 Å². The van der Waals surface area contributed by atoms with Crippen molar-refractivity contribution in [1.29, 1.82) is 0 Å². The van der Waals surface area contributed by atoms with E-state index in [1.807, 2.05) is 6.07 Å². The van der Waals surface area contributed by atoms with Crippen molar-refractivity contribution in [2.24, 2.45) is 5.92 Å². The lowest BCUT2D eigenvalue weighted by Crippen LogP contribution is -2.33. The molecule has 0 aliphatic carbocycles. The molecule has 0 aromatic heterocycles. The molecule has 1 fully saturated rings. The van der Waals surface area contributed by atoms with E-state index in [9.17, 15) is 5.11 Å². The minimum atomic E-state index is -0.0144. The lowest BCUT2D eigenvalue weighted by Gasteiger charge is -2.35. The maximum Gasteiger partial charge on any atom is 0.136 e. The first-order valence-corrected chi connectivity index (χ1v) is 11.6. The van der Waals surface area contributed by atoms with E-state index < -0.39 is 0 Å². The predicted octanol–water partition coefficient (Wildman–Crippen LogP) is 5.51. The summed E-state index contributed by atoms with van der Waals surface area (Å²) in [5, 5.41) is 10.1. The van der Waals surface area contributed by atoms with Gasteiger partial charge in [0.05, 0.1) is 10.1 Å². The number of benzene rings is 2. The van der Waals surface area contributed by atoms with Gasteiger partial charge in [-0.05, 0) is 67.7 Å². The third kappa shape index (κ3) is 5.01. The Balaban J connectivity index is 1.41. The third-order valence-electron chi connectivity index (χ3n) is 5.73. The molecule has 4 rings (SSSR count). The van der Waals surface area contributed by atoms with Gasteiger partial charge in [0.25, 0.3) is 0 Å². The number of fused-ring (bicyclic) bond motifs is 1. The Hall–Kier alpha value is -1.85. The zero-order valence-electron chi connectivity index (χ0n) is 17.3. The lowest BCUT2D eigenvalue weighted by atomic mass is 9.98. The number of nitrogens with zero attached hydrogens (tertiary/aromatic N) is 1. The molecule has 0 bridgehead atoms. The summed E-state index contributed by atoms with van der Waals surface area (Å²) in [5.74, 6) is 2.49. The molecule has 156 valence electrons. The largest absolute Gasteiger partial charge is 0.508 e. The van der Waals surface area contributed by atoms with E-state index >= 15 is 0 Å². The van der Waals surface area contributed by atoms with Crippen LogP contribution < -0.4 is 9.47 Å². The predicted molar refractivity (Wildman–Crippen MR) is 118 cm³/mol. The van der Waals surface area contributed by atoms with Crippen LogP contribution in [0.4, 0.5) is 0 Å². The number of aromatic hydroxyl groups is 1. The Labute approximate surface area is 178 Å². The maximum absolute atomic E-state index is 9.79. The fourth-order valence-corrected chi connectivity index (χ4v) is 5.39. The molecule has 0 saturated carbocycles. The number of piperidine rings is 1. The summed E-state index contributed by atoms with van der Waals surface area (Å²) >= 11 is 1.79. The number of thioether (sulfide) groups is 1. The Kier molecular flexibility index (Phi) is 6.56. The molecule has 29 heavy (non-hydrogen) atoms. The van der Waals surface area contributed by atoms with Gasteiger partial charge in [-0.25, -0.2) is 0 Å². The van der Waals surface area contributed by atoms with E-state index in [4.69, 9.17) is 9.47 Å². The number of ether oxygens (including phenoxy) is 2. The van der Waals surface area contributed by atoms with Crippen LogP contribution in [0, 0.1) is 5.92 Å². The zero-order valence-corrected chi connectivity index (χ0v) is 18.2. The van der Waals surface area contributed by atoms with Gasteiger partial charge in [0.1, 0.15) is 30.0 Å². The second-order valence-corrected chi connectivity index (χ2v) is 9.54. The summed E-state index contributed by atoms with van der Waals surface area (Å²) in [6, 6.07) is 13.7. The van der Waals surface area contributed by atoms with Crippen LogP contribution in [0.15, 0.2) is 47.4 Å². The molecule has 2 aliphatic rings. The molecular weight excluding hydrogens is 382 g/mol. The molecule has 2 atom stereocenters. The van der Waals surface area contributed by atoms with Crippen molar-refractivity contribution < 1.29 is 14.6 Å². The molecule has 5 heteroatoms. The monoisotopic (exact) mass is 413 g/mol. The Morgan fingerprint density at radius 1 is 1.10 bits per heavy atom. The summed E-state index contributed by atoms with van der Waals surface area (Å²) in [6.07, 6.45) is 3.98. The SMILES string of the molecule is CC(C)[C@H]1Sc2cc(O)ccc2O[C@H]1c1ccc(OCCN2CCCCC2)cc1. The van der Waals surface area contributed by atoms with E-state index in [0.29, 0.717) is 5.92 Å². The van der Waals surface area contributed by atoms with Crippen LogP contribution in [-0.4, -0.2) is 41.5 Å². The lowest BCUT2D eigenvalue weighted by molar-refractivity contribution is 0.172. The Morgan fingerprint density at radius 3 is 2.59 bits per heavy atom. The minimum Gasteiger partial charge on any atom is -0.508 e. The van der Waals surface area contributed by atoms with Crippen molar-refractivity contribution in [3.05, 3.63) is 48.0 Å². The first-order valence-electron chi connectivity index (χ1n) is 10.7. The molecule has 0 unspecified atom stereocenters. The van der Waals surface area contributed by atoms with Crippen molar-refractivity contribution in [3.8, 4) is 17.2 Å². The molecule has 2 aliphatic heterocycles. The third-order valence-corrected chi connectivity index (χ3v) is 7.37. The van der Waals surface area contributed by atoms with Crippen LogP contribution in [0.3, 0.4) is 0 Å². The molecule has 0 radical (unpaired) electrons. The summed E-state index contributed by atoms with van der Waals surface area (Å²) in [7, 11) is 0. The number of hydrogen-bond donors (Lipinski definition) is 1. The van der Waals surface area contributed by atoms with Crippen LogP contribution in [0.2, 0.25) is 0 Å². The summed E-state index contributed by atoms with van der Waals surface area (Å²) in [6.45, 7) is 8.59. The highest BCUT2D eigenvalue weighted by Gasteiger charge is 2.34. The molecule has 0 spiro atoms. The topological polar surface area (TPSA) is 41.9 Å². The van der Waals surface area contributed by atoms with Crippen molar-refractivity contribution in [1.82, 2.24) is 4.90 Å². The minimum absolute atomic E-state index is 0.0144. The molecule has 0 amide bonds. The molecular formula is C24H31NO3S. The molecule has 1 N–H and O–H groups in total. The maximum atomic E-state index is 9.79. The molecule has 2 aromatic carbocycles. The van der Waals surface area contributed by atoms with Crippen LogP contribution in [0.5, 0.6) is 17.2 Å². The highest BCUT2D eigenvalue weighted by Crippen LogP contribution is 2.48. The van der Waals surface area contributed by atoms with Gasteiger partial charge in [-0.2, -0.15) is 0 Å². The Morgan fingerprint density at radius 2 is 1.86 bits per heavy atom. The normalized spacial score (nSPS) is 22.2. The fourth-order valence-electron chi connectivity index (χ4n) is 4.07. The number of hydrogen-bond acceptors (Lipinski definition) is 5. The van der Waals surface area contributed by atoms with Crippen molar-refractivity contribution in [2.45, 2.75) is 49.4 Å². The van der Waals surface area contributed by atoms with Gasteiger partial charge < -0.3 is 14.6 Å². The number of phenolic OH excluding ortho intramolecular Hbond substituents is 1. The van der Waals surface area contributed by atoms with Gasteiger partial charge in [0.15, 0.2) is 0 Å². The highest BCUT2D eigenvalue weighted by molar-refractivity contribution is 8.00. The smallest absolute Gasteiger partial charge is 0.136 e. The van der Waals surface area contributed by atoms with E-state index in [1.165, 1.54) is 37.9 Å². The van der Waals surface area contributed by atoms with Crippen LogP contribution in [-0.2, 0) is 0 Å². The number of rotatable bonds is 6.